The molecule has 0 saturated heterocycles. The van der Waals surface area contributed by atoms with Crippen LogP contribution in [-0.4, -0.2) is 30.9 Å². The van der Waals surface area contributed by atoms with Gasteiger partial charge in [-0.15, -0.1) is 0 Å². The summed E-state index contributed by atoms with van der Waals surface area (Å²) >= 11 is 12.2. The number of nitrogens with one attached hydrogen (secondary N) is 1. The number of aromatic nitrogens is 1. The number of halogens is 2. The summed E-state index contributed by atoms with van der Waals surface area (Å²) in [7, 11) is 1.71. The molecule has 3 nitrogen and oxygen atoms in total. The van der Waals surface area contributed by atoms with E-state index in [4.69, 9.17) is 27.9 Å². The van der Waals surface area contributed by atoms with E-state index >= 15 is 0 Å². The van der Waals surface area contributed by atoms with Crippen LogP contribution in [0.25, 0.3) is 10.9 Å². The van der Waals surface area contributed by atoms with Crippen molar-refractivity contribution in [2.24, 2.45) is 0 Å². The Morgan fingerprint density at radius 1 is 1.37 bits per heavy atom. The van der Waals surface area contributed by atoms with Crippen LogP contribution >= 0.6 is 23.2 Å². The van der Waals surface area contributed by atoms with E-state index in [1.165, 1.54) is 0 Å². The first-order valence-electron chi connectivity index (χ1n) is 6.28. The monoisotopic (exact) mass is 300 g/mol. The normalized spacial score (nSPS) is 13.1. The molecule has 0 amide bonds. The fourth-order valence-electron chi connectivity index (χ4n) is 2.15. The third-order valence-electron chi connectivity index (χ3n) is 3.07. The number of hydrogen-bond acceptors (Lipinski definition) is 2. The minimum Gasteiger partial charge on any atom is -0.383 e. The van der Waals surface area contributed by atoms with Gasteiger partial charge in [0.25, 0.3) is 0 Å². The van der Waals surface area contributed by atoms with Crippen LogP contribution in [0.5, 0.6) is 0 Å². The molecule has 0 bridgehead atoms. The predicted octanol–water partition coefficient (Wildman–Crippen LogP) is 3.57. The Morgan fingerprint density at radius 2 is 2.16 bits per heavy atom. The van der Waals surface area contributed by atoms with Gasteiger partial charge in [0.15, 0.2) is 0 Å². The van der Waals surface area contributed by atoms with Crippen molar-refractivity contribution in [2.45, 2.75) is 19.5 Å². The van der Waals surface area contributed by atoms with Crippen molar-refractivity contribution in [1.29, 1.82) is 0 Å². The first-order chi connectivity index (χ1) is 9.11. The molecule has 2 rings (SSSR count). The Kier molecular flexibility index (Phi) is 5.11. The molecule has 2 aromatic rings. The number of ether oxygens (including phenoxy) is 1. The summed E-state index contributed by atoms with van der Waals surface area (Å²) in [5, 5.41) is 5.80. The molecule has 1 aromatic carbocycles. The smallest absolute Gasteiger partial charge is 0.0613 e. The maximum atomic E-state index is 6.17. The van der Waals surface area contributed by atoms with Gasteiger partial charge in [-0.3, -0.25) is 0 Å². The minimum absolute atomic E-state index is 0.346. The Bertz CT molecular complexity index is 554. The molecule has 1 atom stereocenters. The standard InChI is InChI=1S/C14H18Cl2N2O/c1-10(9-19-2)17-4-6-18-5-3-12-13(16)7-11(15)8-14(12)18/h3,5,7-8,10,17H,4,6,9H2,1-2H3. The molecule has 0 aliphatic heterocycles. The fourth-order valence-corrected chi connectivity index (χ4v) is 2.70. The van der Waals surface area contributed by atoms with Crippen molar-refractivity contribution >= 4 is 34.1 Å². The zero-order chi connectivity index (χ0) is 13.8. The molecule has 0 aliphatic carbocycles. The lowest BCUT2D eigenvalue weighted by Crippen LogP contribution is -2.32. The average molecular weight is 301 g/mol. The van der Waals surface area contributed by atoms with Crippen LogP contribution in [0, 0.1) is 0 Å². The van der Waals surface area contributed by atoms with Gasteiger partial charge in [-0.05, 0) is 25.1 Å². The van der Waals surface area contributed by atoms with Crippen molar-refractivity contribution in [1.82, 2.24) is 9.88 Å². The molecule has 0 spiro atoms. The van der Waals surface area contributed by atoms with E-state index < -0.39 is 0 Å². The van der Waals surface area contributed by atoms with Gasteiger partial charge in [-0.2, -0.15) is 0 Å². The van der Waals surface area contributed by atoms with Gasteiger partial charge >= 0.3 is 0 Å². The van der Waals surface area contributed by atoms with E-state index in [1.807, 2.05) is 18.3 Å². The predicted molar refractivity (Wildman–Crippen MR) is 81.3 cm³/mol. The first kappa shape index (κ1) is 14.7. The number of benzene rings is 1. The van der Waals surface area contributed by atoms with Crippen molar-refractivity contribution in [3.8, 4) is 0 Å². The lowest BCUT2D eigenvalue weighted by molar-refractivity contribution is 0.172. The molecule has 1 aromatic heterocycles. The summed E-state index contributed by atoms with van der Waals surface area (Å²) in [6, 6.07) is 6.09. The summed E-state index contributed by atoms with van der Waals surface area (Å²) in [4.78, 5) is 0. The SMILES string of the molecule is COCC(C)NCCn1ccc2c(Cl)cc(Cl)cc21. The molecule has 0 aliphatic rings. The summed E-state index contributed by atoms with van der Waals surface area (Å²) in [5.74, 6) is 0. The fraction of sp³-hybridized carbons (Fsp3) is 0.429. The number of hydrogen-bond donors (Lipinski definition) is 1. The zero-order valence-electron chi connectivity index (χ0n) is 11.1. The minimum atomic E-state index is 0.346. The van der Waals surface area contributed by atoms with Gasteiger partial charge in [0.1, 0.15) is 0 Å². The maximum Gasteiger partial charge on any atom is 0.0613 e. The highest BCUT2D eigenvalue weighted by Gasteiger charge is 2.07. The molecule has 1 heterocycles. The molecule has 0 saturated carbocycles. The van der Waals surface area contributed by atoms with E-state index in [2.05, 4.69) is 16.8 Å². The van der Waals surface area contributed by atoms with Crippen molar-refractivity contribution in [2.75, 3.05) is 20.3 Å². The van der Waals surface area contributed by atoms with Gasteiger partial charge in [0, 0.05) is 42.8 Å². The van der Waals surface area contributed by atoms with Crippen LogP contribution in [0.2, 0.25) is 10.0 Å². The highest BCUT2D eigenvalue weighted by Crippen LogP contribution is 2.28. The van der Waals surface area contributed by atoms with Crippen molar-refractivity contribution in [3.63, 3.8) is 0 Å². The second kappa shape index (κ2) is 6.62. The van der Waals surface area contributed by atoms with Crippen LogP contribution < -0.4 is 5.32 Å². The second-order valence-corrected chi connectivity index (χ2v) is 5.48. The topological polar surface area (TPSA) is 26.2 Å². The van der Waals surface area contributed by atoms with Crippen LogP contribution in [0.3, 0.4) is 0 Å². The summed E-state index contributed by atoms with van der Waals surface area (Å²) < 4.78 is 7.24. The Labute approximate surface area is 123 Å². The Morgan fingerprint density at radius 3 is 2.89 bits per heavy atom. The Balaban J connectivity index is 2.05. The number of rotatable bonds is 6. The summed E-state index contributed by atoms with van der Waals surface area (Å²) in [6.45, 7) is 4.56. The largest absolute Gasteiger partial charge is 0.383 e. The molecule has 1 N–H and O–H groups in total. The summed E-state index contributed by atoms with van der Waals surface area (Å²) in [6.07, 6.45) is 2.04. The van der Waals surface area contributed by atoms with Crippen LogP contribution in [0.1, 0.15) is 6.92 Å². The van der Waals surface area contributed by atoms with Gasteiger partial charge < -0.3 is 14.6 Å². The molecule has 104 valence electrons. The number of methoxy groups -OCH3 is 1. The van der Waals surface area contributed by atoms with Crippen LogP contribution in [0.4, 0.5) is 0 Å². The summed E-state index contributed by atoms with van der Waals surface area (Å²) in [5.41, 5.74) is 1.07. The van der Waals surface area contributed by atoms with E-state index in [1.54, 1.807) is 13.2 Å². The van der Waals surface area contributed by atoms with Gasteiger partial charge in [0.2, 0.25) is 0 Å². The Hall–Kier alpha value is -0.740. The molecular formula is C14H18Cl2N2O. The highest BCUT2D eigenvalue weighted by atomic mass is 35.5. The maximum absolute atomic E-state index is 6.17. The van der Waals surface area contributed by atoms with Gasteiger partial charge in [-0.25, -0.2) is 0 Å². The van der Waals surface area contributed by atoms with Crippen LogP contribution in [0.15, 0.2) is 24.4 Å². The van der Waals surface area contributed by atoms with E-state index in [-0.39, 0.29) is 0 Å². The first-order valence-corrected chi connectivity index (χ1v) is 7.03. The second-order valence-electron chi connectivity index (χ2n) is 4.64. The van der Waals surface area contributed by atoms with E-state index in [0.29, 0.717) is 22.7 Å². The molecule has 5 heteroatoms. The molecule has 0 fully saturated rings. The van der Waals surface area contributed by atoms with Gasteiger partial charge in [0.05, 0.1) is 17.1 Å². The number of nitrogens with zero attached hydrogens (tertiary/aromatic N) is 1. The molecular weight excluding hydrogens is 283 g/mol. The molecule has 1 unspecified atom stereocenters. The third kappa shape index (κ3) is 3.63. The molecule has 19 heavy (non-hydrogen) atoms. The van der Waals surface area contributed by atoms with Crippen molar-refractivity contribution in [3.05, 3.63) is 34.4 Å². The average Bonchev–Trinajstić information content (AvgIpc) is 2.73. The van der Waals surface area contributed by atoms with Gasteiger partial charge in [-0.1, -0.05) is 23.2 Å². The zero-order valence-corrected chi connectivity index (χ0v) is 12.6. The van der Waals surface area contributed by atoms with Crippen molar-refractivity contribution < 1.29 is 4.74 Å². The van der Waals surface area contributed by atoms with Crippen LogP contribution in [-0.2, 0) is 11.3 Å². The van der Waals surface area contributed by atoms with E-state index in [0.717, 1.165) is 24.0 Å². The number of fused-ring (bicyclic) bond motifs is 1. The lowest BCUT2D eigenvalue weighted by atomic mass is 10.2. The third-order valence-corrected chi connectivity index (χ3v) is 3.60. The van der Waals surface area contributed by atoms with E-state index in [9.17, 15) is 0 Å². The quantitative estimate of drug-likeness (QED) is 0.882. The lowest BCUT2D eigenvalue weighted by Gasteiger charge is -2.13. The highest BCUT2D eigenvalue weighted by molar-refractivity contribution is 6.38. The molecule has 0 radical (unpaired) electrons.